The van der Waals surface area contributed by atoms with Gasteiger partial charge in [-0.2, -0.15) is 5.26 Å². The predicted molar refractivity (Wildman–Crippen MR) is 108 cm³/mol. The van der Waals surface area contributed by atoms with Crippen LogP contribution < -0.4 is 0 Å². The Balaban J connectivity index is 1.47. The fraction of sp³-hybridized carbons (Fsp3) is 0.960. The molecule has 4 rings (SSSR count). The molecule has 0 heterocycles. The summed E-state index contributed by atoms with van der Waals surface area (Å²) in [4.78, 5) is 0. The molecule has 0 aromatic heterocycles. The Bertz CT molecular complexity index is 517. The van der Waals surface area contributed by atoms with E-state index < -0.39 is 0 Å². The SMILES string of the molecule is CCCC1CCCC2C1CCC1C3CCC(C#N)(CCC)CC3CCC21. The van der Waals surface area contributed by atoms with Crippen molar-refractivity contribution in [1.82, 2.24) is 0 Å². The Labute approximate surface area is 162 Å². The van der Waals surface area contributed by atoms with Crippen LogP contribution in [0.4, 0.5) is 0 Å². The molecule has 4 fully saturated rings. The highest BCUT2D eigenvalue weighted by Crippen LogP contribution is 2.60. The van der Waals surface area contributed by atoms with Crippen molar-refractivity contribution in [3.05, 3.63) is 0 Å². The van der Waals surface area contributed by atoms with Crippen LogP contribution in [0.25, 0.3) is 0 Å². The lowest BCUT2D eigenvalue weighted by molar-refractivity contribution is -0.0715. The van der Waals surface area contributed by atoms with Crippen LogP contribution in [0.15, 0.2) is 0 Å². The van der Waals surface area contributed by atoms with E-state index in [0.717, 1.165) is 47.8 Å². The molecule has 26 heavy (non-hydrogen) atoms. The normalized spacial score (nSPS) is 48.0. The van der Waals surface area contributed by atoms with Gasteiger partial charge in [0.25, 0.3) is 0 Å². The highest BCUT2D eigenvalue weighted by molar-refractivity contribution is 5.07. The first-order valence-corrected chi connectivity index (χ1v) is 12.1. The zero-order valence-electron chi connectivity index (χ0n) is 17.4. The van der Waals surface area contributed by atoms with E-state index in [0.29, 0.717) is 0 Å². The summed E-state index contributed by atoms with van der Waals surface area (Å²) in [5.41, 5.74) is 0.0387. The Kier molecular flexibility index (Phi) is 5.69. The summed E-state index contributed by atoms with van der Waals surface area (Å²) in [5, 5.41) is 9.88. The van der Waals surface area contributed by atoms with Crippen LogP contribution >= 0.6 is 0 Å². The topological polar surface area (TPSA) is 23.8 Å². The maximum atomic E-state index is 9.88. The first-order chi connectivity index (χ1) is 12.7. The minimum absolute atomic E-state index is 0.0387. The van der Waals surface area contributed by atoms with Crippen LogP contribution in [0.1, 0.15) is 104 Å². The zero-order chi connectivity index (χ0) is 18.1. The Hall–Kier alpha value is -0.510. The van der Waals surface area contributed by atoms with Crippen molar-refractivity contribution in [2.24, 2.45) is 46.8 Å². The lowest BCUT2D eigenvalue weighted by Gasteiger charge is -2.57. The fourth-order valence-corrected chi connectivity index (χ4v) is 8.56. The number of nitriles is 1. The van der Waals surface area contributed by atoms with Gasteiger partial charge in [0.05, 0.1) is 11.5 Å². The number of fused-ring (bicyclic) bond motifs is 5. The molecule has 0 aromatic rings. The quantitative estimate of drug-likeness (QED) is 0.516. The Morgan fingerprint density at radius 3 is 2.31 bits per heavy atom. The molecule has 0 radical (unpaired) electrons. The molecule has 0 saturated heterocycles. The molecule has 0 aliphatic heterocycles. The second kappa shape index (κ2) is 7.85. The highest BCUT2D eigenvalue weighted by Gasteiger charge is 2.52. The minimum Gasteiger partial charge on any atom is -0.198 e. The second-order valence-corrected chi connectivity index (χ2v) is 10.6. The van der Waals surface area contributed by atoms with Crippen molar-refractivity contribution in [1.29, 1.82) is 5.26 Å². The molecule has 0 aromatic carbocycles. The maximum absolute atomic E-state index is 9.88. The van der Waals surface area contributed by atoms with E-state index in [2.05, 4.69) is 19.9 Å². The van der Waals surface area contributed by atoms with Crippen LogP contribution in [0.2, 0.25) is 0 Å². The van der Waals surface area contributed by atoms with E-state index in [9.17, 15) is 5.26 Å². The Morgan fingerprint density at radius 2 is 1.54 bits per heavy atom. The van der Waals surface area contributed by atoms with Crippen LogP contribution in [0, 0.1) is 58.2 Å². The molecule has 8 atom stereocenters. The van der Waals surface area contributed by atoms with E-state index >= 15 is 0 Å². The predicted octanol–water partition coefficient (Wildman–Crippen LogP) is 7.37. The maximum Gasteiger partial charge on any atom is 0.0689 e. The minimum atomic E-state index is 0.0387. The summed E-state index contributed by atoms with van der Waals surface area (Å²) in [6.45, 7) is 4.65. The third kappa shape index (κ3) is 3.25. The van der Waals surface area contributed by atoms with Crippen molar-refractivity contribution in [2.45, 2.75) is 104 Å². The molecule has 0 bridgehead atoms. The number of nitrogens with zero attached hydrogens (tertiary/aromatic N) is 1. The molecule has 8 unspecified atom stereocenters. The average Bonchev–Trinajstić information content (AvgIpc) is 2.68. The van der Waals surface area contributed by atoms with E-state index in [1.165, 1.54) is 77.0 Å². The van der Waals surface area contributed by atoms with Gasteiger partial charge in [-0.15, -0.1) is 0 Å². The van der Waals surface area contributed by atoms with Gasteiger partial charge in [-0.25, -0.2) is 0 Å². The van der Waals surface area contributed by atoms with Gasteiger partial charge in [-0.05, 0) is 99.2 Å². The highest BCUT2D eigenvalue weighted by atomic mass is 14.6. The van der Waals surface area contributed by atoms with Gasteiger partial charge in [-0.1, -0.05) is 46.0 Å². The third-order valence-electron chi connectivity index (χ3n) is 9.46. The summed E-state index contributed by atoms with van der Waals surface area (Å²) in [6, 6.07) is 2.79. The van der Waals surface area contributed by atoms with Crippen LogP contribution in [0.3, 0.4) is 0 Å². The molecule has 4 saturated carbocycles. The molecule has 0 N–H and O–H groups in total. The third-order valence-corrected chi connectivity index (χ3v) is 9.46. The van der Waals surface area contributed by atoms with Gasteiger partial charge >= 0.3 is 0 Å². The van der Waals surface area contributed by atoms with Crippen LogP contribution in [-0.2, 0) is 0 Å². The average molecular weight is 356 g/mol. The summed E-state index contributed by atoms with van der Waals surface area (Å²) < 4.78 is 0. The molecular weight excluding hydrogens is 314 g/mol. The monoisotopic (exact) mass is 355 g/mol. The van der Waals surface area contributed by atoms with E-state index in [1.54, 1.807) is 6.42 Å². The molecule has 0 amide bonds. The van der Waals surface area contributed by atoms with Crippen LogP contribution in [0.5, 0.6) is 0 Å². The molecule has 0 spiro atoms. The van der Waals surface area contributed by atoms with Gasteiger partial charge in [0.1, 0.15) is 0 Å². The largest absolute Gasteiger partial charge is 0.198 e. The van der Waals surface area contributed by atoms with Gasteiger partial charge in [0.15, 0.2) is 0 Å². The van der Waals surface area contributed by atoms with E-state index in [4.69, 9.17) is 0 Å². The van der Waals surface area contributed by atoms with Gasteiger partial charge in [0.2, 0.25) is 0 Å². The van der Waals surface area contributed by atoms with Crippen molar-refractivity contribution < 1.29 is 0 Å². The van der Waals surface area contributed by atoms with E-state index in [1.807, 2.05) is 0 Å². The first kappa shape index (κ1) is 18.8. The summed E-state index contributed by atoms with van der Waals surface area (Å²) in [7, 11) is 0. The van der Waals surface area contributed by atoms with Gasteiger partial charge in [0, 0.05) is 0 Å². The second-order valence-electron chi connectivity index (χ2n) is 10.6. The summed E-state index contributed by atoms with van der Waals surface area (Å²) in [5.74, 6) is 7.12. The Morgan fingerprint density at radius 1 is 0.808 bits per heavy atom. The van der Waals surface area contributed by atoms with Crippen LogP contribution in [-0.4, -0.2) is 0 Å². The lowest BCUT2D eigenvalue weighted by Crippen LogP contribution is -2.49. The number of hydrogen-bond acceptors (Lipinski definition) is 1. The van der Waals surface area contributed by atoms with Crippen molar-refractivity contribution >= 4 is 0 Å². The molecule has 4 aliphatic carbocycles. The molecule has 4 aliphatic rings. The number of hydrogen-bond donors (Lipinski definition) is 0. The first-order valence-electron chi connectivity index (χ1n) is 12.1. The molecular formula is C25H41N. The van der Waals surface area contributed by atoms with Crippen molar-refractivity contribution in [3.8, 4) is 6.07 Å². The van der Waals surface area contributed by atoms with E-state index in [-0.39, 0.29) is 5.41 Å². The fourth-order valence-electron chi connectivity index (χ4n) is 8.56. The zero-order valence-corrected chi connectivity index (χ0v) is 17.4. The van der Waals surface area contributed by atoms with Crippen molar-refractivity contribution in [3.63, 3.8) is 0 Å². The summed E-state index contributed by atoms with van der Waals surface area (Å²) >= 11 is 0. The molecule has 1 heteroatoms. The standard InChI is InChI=1S/C25H41N/c1-3-6-18-7-5-8-22-20(18)11-12-23-21-13-15-25(17-26,14-4-2)16-19(21)9-10-24(22)23/h18-24H,3-16H2,1-2H3. The number of rotatable bonds is 4. The molecule has 146 valence electrons. The smallest absolute Gasteiger partial charge is 0.0689 e. The van der Waals surface area contributed by atoms with Gasteiger partial charge in [-0.3, -0.25) is 0 Å². The summed E-state index contributed by atoms with van der Waals surface area (Å²) in [6.07, 6.45) is 19.6. The molecule has 1 nitrogen and oxygen atoms in total. The van der Waals surface area contributed by atoms with Gasteiger partial charge < -0.3 is 0 Å². The van der Waals surface area contributed by atoms with Crippen molar-refractivity contribution in [2.75, 3.05) is 0 Å². The lowest BCUT2D eigenvalue weighted by atomic mass is 9.48.